The molecular weight excluding hydrogens is 156 g/mol. The van der Waals surface area contributed by atoms with Gasteiger partial charge in [0.1, 0.15) is 0 Å². The van der Waals surface area contributed by atoms with Gasteiger partial charge in [0.25, 0.3) is 0 Å². The lowest BCUT2D eigenvalue weighted by Gasteiger charge is -2.34. The molecule has 0 heteroatoms. The average Bonchev–Trinajstić information content (AvgIpc) is 2.17. The van der Waals surface area contributed by atoms with E-state index >= 15 is 0 Å². The van der Waals surface area contributed by atoms with Crippen LogP contribution in [-0.4, -0.2) is 0 Å². The van der Waals surface area contributed by atoms with E-state index in [-0.39, 0.29) is 0 Å². The molecule has 0 aromatic heterocycles. The summed E-state index contributed by atoms with van der Waals surface area (Å²) in [5.41, 5.74) is 3.17. The van der Waals surface area contributed by atoms with Gasteiger partial charge in [-0.1, -0.05) is 23.8 Å². The molecular formula is C13H20. The molecule has 1 saturated carbocycles. The second kappa shape index (κ2) is 3.69. The van der Waals surface area contributed by atoms with Crippen molar-refractivity contribution in [1.29, 1.82) is 0 Å². The average molecular weight is 176 g/mol. The van der Waals surface area contributed by atoms with Crippen LogP contribution in [0, 0.1) is 11.8 Å². The minimum absolute atomic E-state index is 0.820. The maximum atomic E-state index is 4.10. The minimum Gasteiger partial charge on any atom is -0.0999 e. The van der Waals surface area contributed by atoms with Crippen molar-refractivity contribution in [2.75, 3.05) is 0 Å². The monoisotopic (exact) mass is 176 g/mol. The summed E-state index contributed by atoms with van der Waals surface area (Å²) in [4.78, 5) is 0. The van der Waals surface area contributed by atoms with Crippen LogP contribution in [0.3, 0.4) is 0 Å². The summed E-state index contributed by atoms with van der Waals surface area (Å²) in [5, 5.41) is 0. The molecule has 2 aliphatic rings. The largest absolute Gasteiger partial charge is 0.0999 e. The molecule has 13 heavy (non-hydrogen) atoms. The minimum atomic E-state index is 0.820. The van der Waals surface area contributed by atoms with E-state index < -0.39 is 0 Å². The molecule has 2 unspecified atom stereocenters. The first kappa shape index (κ1) is 9.05. The molecule has 0 nitrogen and oxygen atoms in total. The summed E-state index contributed by atoms with van der Waals surface area (Å²) in [7, 11) is 0. The Hall–Kier alpha value is -0.520. The standard InChI is InChI=1S/C13H20/c1-10(2)12-8-7-11-5-3-4-6-13(11)9-12/h5,12-13H,1,3-4,6-9H2,2H3. The molecule has 0 aromatic carbocycles. The summed E-state index contributed by atoms with van der Waals surface area (Å²) in [6, 6.07) is 0. The van der Waals surface area contributed by atoms with Crippen LogP contribution in [-0.2, 0) is 0 Å². The van der Waals surface area contributed by atoms with Crippen LogP contribution in [0.1, 0.15) is 45.4 Å². The summed E-state index contributed by atoms with van der Waals surface area (Å²) in [6.07, 6.45) is 10.8. The van der Waals surface area contributed by atoms with Crippen LogP contribution in [0.15, 0.2) is 23.8 Å². The van der Waals surface area contributed by atoms with Gasteiger partial charge in [-0.15, -0.1) is 0 Å². The van der Waals surface area contributed by atoms with Gasteiger partial charge in [-0.25, -0.2) is 0 Å². The van der Waals surface area contributed by atoms with Crippen molar-refractivity contribution in [3.8, 4) is 0 Å². The van der Waals surface area contributed by atoms with Crippen molar-refractivity contribution >= 4 is 0 Å². The van der Waals surface area contributed by atoms with E-state index in [1.165, 1.54) is 44.1 Å². The Morgan fingerprint density at radius 3 is 3.08 bits per heavy atom. The summed E-state index contributed by atoms with van der Waals surface area (Å²) < 4.78 is 0. The van der Waals surface area contributed by atoms with Crippen LogP contribution in [0.5, 0.6) is 0 Å². The molecule has 0 radical (unpaired) electrons. The zero-order chi connectivity index (χ0) is 9.26. The quantitative estimate of drug-likeness (QED) is 0.528. The zero-order valence-corrected chi connectivity index (χ0v) is 8.68. The van der Waals surface area contributed by atoms with E-state index in [2.05, 4.69) is 19.6 Å². The molecule has 2 atom stereocenters. The summed E-state index contributed by atoms with van der Waals surface area (Å²) in [6.45, 7) is 6.29. The van der Waals surface area contributed by atoms with Crippen LogP contribution in [0.2, 0.25) is 0 Å². The number of hydrogen-bond acceptors (Lipinski definition) is 0. The summed E-state index contributed by atoms with van der Waals surface area (Å²) >= 11 is 0. The van der Waals surface area contributed by atoms with Gasteiger partial charge < -0.3 is 0 Å². The molecule has 72 valence electrons. The number of hydrogen-bond donors (Lipinski definition) is 0. The molecule has 0 aliphatic heterocycles. The van der Waals surface area contributed by atoms with Crippen molar-refractivity contribution in [3.05, 3.63) is 23.8 Å². The zero-order valence-electron chi connectivity index (χ0n) is 8.68. The fourth-order valence-corrected chi connectivity index (χ4v) is 2.83. The molecule has 0 aromatic rings. The van der Waals surface area contributed by atoms with Crippen molar-refractivity contribution in [2.45, 2.75) is 45.4 Å². The summed E-state index contributed by atoms with van der Waals surface area (Å²) in [5.74, 6) is 1.74. The Bertz CT molecular complexity index is 234. The molecule has 0 heterocycles. The Morgan fingerprint density at radius 2 is 2.31 bits per heavy atom. The fraction of sp³-hybridized carbons (Fsp3) is 0.692. The number of rotatable bonds is 1. The predicted octanol–water partition coefficient (Wildman–Crippen LogP) is 4.09. The van der Waals surface area contributed by atoms with Crippen LogP contribution >= 0.6 is 0 Å². The van der Waals surface area contributed by atoms with Crippen molar-refractivity contribution in [1.82, 2.24) is 0 Å². The van der Waals surface area contributed by atoms with Gasteiger partial charge in [-0.05, 0) is 57.3 Å². The maximum absolute atomic E-state index is 4.10. The molecule has 0 N–H and O–H groups in total. The Balaban J connectivity index is 2.04. The highest BCUT2D eigenvalue weighted by Crippen LogP contribution is 2.41. The van der Waals surface area contributed by atoms with Gasteiger partial charge in [-0.2, -0.15) is 0 Å². The first-order valence-corrected chi connectivity index (χ1v) is 5.61. The van der Waals surface area contributed by atoms with Crippen LogP contribution in [0.25, 0.3) is 0 Å². The third-order valence-corrected chi connectivity index (χ3v) is 3.74. The normalized spacial score (nSPS) is 33.5. The third kappa shape index (κ3) is 1.87. The topological polar surface area (TPSA) is 0 Å². The molecule has 2 rings (SSSR count). The molecule has 0 bridgehead atoms. The van der Waals surface area contributed by atoms with Gasteiger partial charge in [0, 0.05) is 0 Å². The number of fused-ring (bicyclic) bond motifs is 1. The second-order valence-electron chi connectivity index (χ2n) is 4.72. The highest BCUT2D eigenvalue weighted by atomic mass is 14.3. The van der Waals surface area contributed by atoms with E-state index in [1.54, 1.807) is 5.57 Å². The van der Waals surface area contributed by atoms with Crippen molar-refractivity contribution in [3.63, 3.8) is 0 Å². The lowest BCUT2D eigenvalue weighted by atomic mass is 9.71. The van der Waals surface area contributed by atoms with Crippen molar-refractivity contribution in [2.24, 2.45) is 11.8 Å². The number of allylic oxidation sites excluding steroid dienone is 3. The van der Waals surface area contributed by atoms with Crippen molar-refractivity contribution < 1.29 is 0 Å². The molecule has 1 fully saturated rings. The van der Waals surface area contributed by atoms with E-state index in [0.29, 0.717) is 0 Å². The highest BCUT2D eigenvalue weighted by molar-refractivity contribution is 5.15. The molecule has 0 saturated heterocycles. The van der Waals surface area contributed by atoms with E-state index in [4.69, 9.17) is 0 Å². The smallest absolute Gasteiger partial charge is 0.0197 e. The van der Waals surface area contributed by atoms with Gasteiger partial charge in [-0.3, -0.25) is 0 Å². The lowest BCUT2D eigenvalue weighted by Crippen LogP contribution is -2.20. The fourth-order valence-electron chi connectivity index (χ4n) is 2.83. The lowest BCUT2D eigenvalue weighted by molar-refractivity contribution is 0.337. The maximum Gasteiger partial charge on any atom is -0.0197 e. The second-order valence-corrected chi connectivity index (χ2v) is 4.72. The Kier molecular flexibility index (Phi) is 2.57. The van der Waals surface area contributed by atoms with Gasteiger partial charge in [0.2, 0.25) is 0 Å². The van der Waals surface area contributed by atoms with Gasteiger partial charge >= 0.3 is 0 Å². The van der Waals surface area contributed by atoms with Crippen LogP contribution in [0.4, 0.5) is 0 Å². The third-order valence-electron chi connectivity index (χ3n) is 3.74. The Labute approximate surface area is 81.7 Å². The first-order chi connectivity index (χ1) is 6.27. The van der Waals surface area contributed by atoms with E-state index in [9.17, 15) is 0 Å². The van der Waals surface area contributed by atoms with Crippen LogP contribution < -0.4 is 0 Å². The van der Waals surface area contributed by atoms with Gasteiger partial charge in [0.15, 0.2) is 0 Å². The molecule has 2 aliphatic carbocycles. The van der Waals surface area contributed by atoms with E-state index in [0.717, 1.165) is 11.8 Å². The predicted molar refractivity (Wildman–Crippen MR) is 57.6 cm³/mol. The van der Waals surface area contributed by atoms with Gasteiger partial charge in [0.05, 0.1) is 0 Å². The first-order valence-electron chi connectivity index (χ1n) is 5.61. The molecule has 0 spiro atoms. The highest BCUT2D eigenvalue weighted by Gasteiger charge is 2.26. The Morgan fingerprint density at radius 1 is 1.46 bits per heavy atom. The molecule has 0 amide bonds. The van der Waals surface area contributed by atoms with E-state index in [1.807, 2.05) is 0 Å². The SMILES string of the molecule is C=C(C)C1CCC2=CCCCC2C1.